The van der Waals surface area contributed by atoms with Crippen molar-refractivity contribution in [2.75, 3.05) is 23.8 Å². The Balaban J connectivity index is 1.88. The van der Waals surface area contributed by atoms with Crippen LogP contribution in [0.1, 0.15) is 17.3 Å². The fourth-order valence-corrected chi connectivity index (χ4v) is 2.50. The number of hydrogen-bond acceptors (Lipinski definition) is 5. The van der Waals surface area contributed by atoms with Gasteiger partial charge in [0.1, 0.15) is 0 Å². The lowest BCUT2D eigenvalue weighted by Crippen LogP contribution is -2.40. The largest absolute Gasteiger partial charge is 0.449 e. The van der Waals surface area contributed by atoms with E-state index >= 15 is 0 Å². The van der Waals surface area contributed by atoms with Crippen LogP contribution in [0.5, 0.6) is 0 Å². The normalized spacial score (nSPS) is 11.2. The SMILES string of the molecule is C=CC(=O)N(C)c1ccc(C(=O)OC(C)C(=O)NCC(=O)Nc2ccc(F)c(F)c2F)cc1. The van der Waals surface area contributed by atoms with Crippen molar-refractivity contribution in [1.29, 1.82) is 0 Å². The highest BCUT2D eigenvalue weighted by Crippen LogP contribution is 2.19. The average molecular weight is 463 g/mol. The molecule has 0 aliphatic heterocycles. The minimum Gasteiger partial charge on any atom is -0.449 e. The highest BCUT2D eigenvalue weighted by Gasteiger charge is 2.21. The zero-order chi connectivity index (χ0) is 24.7. The minimum absolute atomic E-state index is 0.115. The molecule has 0 fully saturated rings. The first-order valence-corrected chi connectivity index (χ1v) is 9.47. The Morgan fingerprint density at radius 2 is 1.70 bits per heavy atom. The average Bonchev–Trinajstić information content (AvgIpc) is 2.81. The van der Waals surface area contributed by atoms with Gasteiger partial charge in [0.15, 0.2) is 23.6 Å². The Hall–Kier alpha value is -4.15. The number of carbonyl (C=O) groups excluding carboxylic acids is 4. The molecular formula is C22H20F3N3O5. The van der Waals surface area contributed by atoms with E-state index in [9.17, 15) is 32.3 Å². The van der Waals surface area contributed by atoms with Crippen LogP contribution in [-0.4, -0.2) is 43.4 Å². The van der Waals surface area contributed by atoms with Crippen molar-refractivity contribution in [3.63, 3.8) is 0 Å². The molecule has 0 radical (unpaired) electrons. The van der Waals surface area contributed by atoms with E-state index in [1.165, 1.54) is 43.1 Å². The van der Waals surface area contributed by atoms with Crippen LogP contribution >= 0.6 is 0 Å². The predicted molar refractivity (Wildman–Crippen MR) is 113 cm³/mol. The van der Waals surface area contributed by atoms with E-state index in [1.54, 1.807) is 0 Å². The summed E-state index contributed by atoms with van der Waals surface area (Å²) < 4.78 is 44.7. The zero-order valence-electron chi connectivity index (χ0n) is 17.7. The molecule has 2 aromatic carbocycles. The Labute approximate surface area is 187 Å². The lowest BCUT2D eigenvalue weighted by Gasteiger charge is -2.16. The monoisotopic (exact) mass is 463 g/mol. The van der Waals surface area contributed by atoms with Gasteiger partial charge < -0.3 is 20.3 Å². The van der Waals surface area contributed by atoms with Gasteiger partial charge in [-0.05, 0) is 49.4 Å². The second-order valence-electron chi connectivity index (χ2n) is 6.68. The first-order chi connectivity index (χ1) is 15.5. The first kappa shape index (κ1) is 25.1. The van der Waals surface area contributed by atoms with Crippen LogP contribution < -0.4 is 15.5 Å². The maximum atomic E-state index is 13.6. The molecule has 174 valence electrons. The van der Waals surface area contributed by atoms with Gasteiger partial charge >= 0.3 is 5.97 Å². The Morgan fingerprint density at radius 1 is 1.06 bits per heavy atom. The van der Waals surface area contributed by atoms with Crippen molar-refractivity contribution < 1.29 is 37.1 Å². The number of carbonyl (C=O) groups is 4. The molecule has 2 N–H and O–H groups in total. The van der Waals surface area contributed by atoms with Gasteiger partial charge in [-0.25, -0.2) is 18.0 Å². The molecular weight excluding hydrogens is 443 g/mol. The third-order valence-corrected chi connectivity index (χ3v) is 4.38. The maximum absolute atomic E-state index is 13.6. The molecule has 0 heterocycles. The molecule has 2 aromatic rings. The topological polar surface area (TPSA) is 105 Å². The van der Waals surface area contributed by atoms with Gasteiger partial charge in [-0.2, -0.15) is 0 Å². The summed E-state index contributed by atoms with van der Waals surface area (Å²) in [6.07, 6.45) is -0.146. The smallest absolute Gasteiger partial charge is 0.338 e. The van der Waals surface area contributed by atoms with E-state index in [0.717, 1.165) is 12.1 Å². The Bertz CT molecular complexity index is 1090. The lowest BCUT2D eigenvalue weighted by atomic mass is 10.2. The third kappa shape index (κ3) is 6.42. The zero-order valence-corrected chi connectivity index (χ0v) is 17.7. The number of halogens is 3. The molecule has 1 atom stereocenters. The number of anilines is 2. The molecule has 0 aromatic heterocycles. The van der Waals surface area contributed by atoms with Crippen molar-refractivity contribution in [2.24, 2.45) is 0 Å². The summed E-state index contributed by atoms with van der Waals surface area (Å²) in [6, 6.07) is 7.27. The summed E-state index contributed by atoms with van der Waals surface area (Å²) in [6.45, 7) is 4.01. The van der Waals surface area contributed by atoms with Crippen LogP contribution in [0, 0.1) is 17.5 Å². The van der Waals surface area contributed by atoms with Crippen molar-refractivity contribution in [1.82, 2.24) is 5.32 Å². The minimum atomic E-state index is -1.75. The van der Waals surface area contributed by atoms with Gasteiger partial charge in [-0.3, -0.25) is 14.4 Å². The molecule has 0 saturated heterocycles. The molecule has 0 saturated carbocycles. The lowest BCUT2D eigenvalue weighted by molar-refractivity contribution is -0.130. The predicted octanol–water partition coefficient (Wildman–Crippen LogP) is 2.55. The number of benzene rings is 2. The number of ether oxygens (including phenoxy) is 1. The number of nitrogens with zero attached hydrogens (tertiary/aromatic N) is 1. The van der Waals surface area contributed by atoms with Crippen LogP contribution in [0.3, 0.4) is 0 Å². The Morgan fingerprint density at radius 3 is 2.30 bits per heavy atom. The second kappa shape index (κ2) is 10.9. The van der Waals surface area contributed by atoms with Crippen molar-refractivity contribution in [3.05, 3.63) is 72.1 Å². The van der Waals surface area contributed by atoms with E-state index in [1.807, 2.05) is 5.32 Å². The molecule has 11 heteroatoms. The summed E-state index contributed by atoms with van der Waals surface area (Å²) >= 11 is 0. The molecule has 0 aliphatic rings. The number of rotatable bonds is 8. The van der Waals surface area contributed by atoms with Crippen LogP contribution in [0.25, 0.3) is 0 Å². The molecule has 1 unspecified atom stereocenters. The summed E-state index contributed by atoms with van der Waals surface area (Å²) in [5, 5.41) is 4.16. The van der Waals surface area contributed by atoms with E-state index in [2.05, 4.69) is 11.9 Å². The van der Waals surface area contributed by atoms with Crippen LogP contribution in [-0.2, 0) is 19.1 Å². The number of esters is 1. The third-order valence-electron chi connectivity index (χ3n) is 4.38. The van der Waals surface area contributed by atoms with E-state index in [0.29, 0.717) is 11.8 Å². The number of likely N-dealkylation sites (N-methyl/N-ethyl adjacent to an activating group) is 1. The number of nitrogens with one attached hydrogen (secondary N) is 2. The fourth-order valence-electron chi connectivity index (χ4n) is 2.50. The van der Waals surface area contributed by atoms with Gasteiger partial charge in [0, 0.05) is 12.7 Å². The van der Waals surface area contributed by atoms with E-state index in [4.69, 9.17) is 4.74 Å². The molecule has 33 heavy (non-hydrogen) atoms. The van der Waals surface area contributed by atoms with Crippen molar-refractivity contribution >= 4 is 35.1 Å². The maximum Gasteiger partial charge on any atom is 0.338 e. The highest BCUT2D eigenvalue weighted by atomic mass is 19.2. The summed E-state index contributed by atoms with van der Waals surface area (Å²) in [5.74, 6) is -7.64. The standard InChI is InChI=1S/C22H20F3N3O5/c1-4-18(30)28(3)14-7-5-13(6-8-14)22(32)33-12(2)21(31)26-11-17(29)27-16-10-9-15(23)19(24)20(16)25/h4-10,12H,1,11H2,2-3H3,(H,26,31)(H,27,29). The van der Waals surface area contributed by atoms with Crippen LogP contribution in [0.2, 0.25) is 0 Å². The molecule has 8 nitrogen and oxygen atoms in total. The highest BCUT2D eigenvalue weighted by molar-refractivity contribution is 6.01. The second-order valence-corrected chi connectivity index (χ2v) is 6.68. The number of amides is 3. The van der Waals surface area contributed by atoms with Gasteiger partial charge in [0.05, 0.1) is 17.8 Å². The summed E-state index contributed by atoms with van der Waals surface area (Å²) in [5.41, 5.74) is 0.0200. The van der Waals surface area contributed by atoms with E-state index < -0.39 is 53.6 Å². The first-order valence-electron chi connectivity index (χ1n) is 9.47. The molecule has 3 amide bonds. The van der Waals surface area contributed by atoms with Crippen LogP contribution in [0.15, 0.2) is 49.1 Å². The van der Waals surface area contributed by atoms with Crippen molar-refractivity contribution in [3.8, 4) is 0 Å². The van der Waals surface area contributed by atoms with Crippen molar-refractivity contribution in [2.45, 2.75) is 13.0 Å². The Kier molecular flexibility index (Phi) is 8.32. The fraction of sp³-hybridized carbons (Fsp3) is 0.182. The molecule has 2 rings (SSSR count). The van der Waals surface area contributed by atoms with Gasteiger partial charge in [0.25, 0.3) is 5.91 Å². The molecule has 0 aliphatic carbocycles. The summed E-state index contributed by atoms with van der Waals surface area (Å²) in [4.78, 5) is 49.1. The van der Waals surface area contributed by atoms with Gasteiger partial charge in [0.2, 0.25) is 11.8 Å². The van der Waals surface area contributed by atoms with Gasteiger partial charge in [-0.1, -0.05) is 6.58 Å². The molecule has 0 spiro atoms. The quantitative estimate of drug-likeness (QED) is 0.356. The molecule has 0 bridgehead atoms. The summed E-state index contributed by atoms with van der Waals surface area (Å²) in [7, 11) is 1.53. The van der Waals surface area contributed by atoms with Gasteiger partial charge in [-0.15, -0.1) is 0 Å². The van der Waals surface area contributed by atoms with Crippen LogP contribution in [0.4, 0.5) is 24.5 Å². The number of hydrogen-bond donors (Lipinski definition) is 2. The van der Waals surface area contributed by atoms with E-state index in [-0.39, 0.29) is 11.5 Å².